The minimum absolute atomic E-state index is 0.318. The Balaban J connectivity index is 1.87. The summed E-state index contributed by atoms with van der Waals surface area (Å²) in [6, 6.07) is 9.75. The van der Waals surface area contributed by atoms with Crippen LogP contribution in [0.4, 0.5) is 4.39 Å². The van der Waals surface area contributed by atoms with E-state index in [1.165, 1.54) is 17.7 Å². The number of aliphatic carboxylic acids is 1. The van der Waals surface area contributed by atoms with Crippen LogP contribution in [-0.4, -0.2) is 16.1 Å². The van der Waals surface area contributed by atoms with Gasteiger partial charge in [0.2, 0.25) is 0 Å². The molecule has 0 spiro atoms. The van der Waals surface area contributed by atoms with Gasteiger partial charge in [-0.05, 0) is 55.0 Å². The maximum atomic E-state index is 12.9. The number of aryl methyl sites for hydroxylation is 2. The number of carboxylic acid groups (broad SMARTS) is 1. The zero-order chi connectivity index (χ0) is 14.8. The number of rotatable bonds is 4. The summed E-state index contributed by atoms with van der Waals surface area (Å²) in [6.45, 7) is 0. The molecule has 1 atom stereocenters. The molecule has 1 aromatic carbocycles. The molecule has 3 nitrogen and oxygen atoms in total. The van der Waals surface area contributed by atoms with Gasteiger partial charge in [0.05, 0.1) is 5.69 Å². The standard InChI is InChI=1S/C17H16FNO2/c18-13-7-4-11(5-8-13)10-14(17(20)21)16-9-6-12-2-1-3-15(12)19-16/h4-9,14H,1-3,10H2,(H,20,21). The Hall–Kier alpha value is -2.23. The molecule has 1 aliphatic carbocycles. The van der Waals surface area contributed by atoms with Crippen LogP contribution in [0.1, 0.15) is 34.9 Å². The molecule has 1 aromatic heterocycles. The monoisotopic (exact) mass is 285 g/mol. The molecule has 21 heavy (non-hydrogen) atoms. The molecule has 1 heterocycles. The van der Waals surface area contributed by atoms with Gasteiger partial charge >= 0.3 is 5.97 Å². The van der Waals surface area contributed by atoms with Gasteiger partial charge in [-0.1, -0.05) is 18.2 Å². The second-order valence-electron chi connectivity index (χ2n) is 5.42. The predicted molar refractivity (Wildman–Crippen MR) is 76.7 cm³/mol. The second-order valence-corrected chi connectivity index (χ2v) is 5.42. The van der Waals surface area contributed by atoms with Crippen molar-refractivity contribution < 1.29 is 14.3 Å². The van der Waals surface area contributed by atoms with Crippen molar-refractivity contribution in [2.75, 3.05) is 0 Å². The highest BCUT2D eigenvalue weighted by atomic mass is 19.1. The number of halogens is 1. The first kappa shape index (κ1) is 13.7. The fraction of sp³-hybridized carbons (Fsp3) is 0.294. The molecule has 1 unspecified atom stereocenters. The van der Waals surface area contributed by atoms with Crippen LogP contribution in [0.5, 0.6) is 0 Å². The first-order valence-electron chi connectivity index (χ1n) is 7.09. The zero-order valence-corrected chi connectivity index (χ0v) is 11.6. The van der Waals surface area contributed by atoms with Crippen molar-refractivity contribution >= 4 is 5.97 Å². The SMILES string of the molecule is O=C(O)C(Cc1ccc(F)cc1)c1ccc2c(n1)CCC2. The van der Waals surface area contributed by atoms with Crippen LogP contribution in [0.25, 0.3) is 0 Å². The van der Waals surface area contributed by atoms with Crippen LogP contribution in [0.15, 0.2) is 36.4 Å². The zero-order valence-electron chi connectivity index (χ0n) is 11.6. The van der Waals surface area contributed by atoms with Crippen LogP contribution in [0, 0.1) is 5.82 Å². The van der Waals surface area contributed by atoms with Crippen LogP contribution < -0.4 is 0 Å². The molecular weight excluding hydrogens is 269 g/mol. The number of carbonyl (C=O) groups is 1. The quantitative estimate of drug-likeness (QED) is 0.939. The first-order valence-corrected chi connectivity index (χ1v) is 7.09. The number of fused-ring (bicyclic) bond motifs is 1. The lowest BCUT2D eigenvalue weighted by Gasteiger charge is -2.13. The summed E-state index contributed by atoms with van der Waals surface area (Å²) >= 11 is 0. The Morgan fingerprint density at radius 3 is 2.67 bits per heavy atom. The van der Waals surface area contributed by atoms with E-state index in [9.17, 15) is 14.3 Å². The Labute approximate surface area is 122 Å². The van der Waals surface area contributed by atoms with E-state index >= 15 is 0 Å². The van der Waals surface area contributed by atoms with Gasteiger partial charge in [-0.3, -0.25) is 9.78 Å². The maximum absolute atomic E-state index is 12.9. The smallest absolute Gasteiger partial charge is 0.312 e. The minimum Gasteiger partial charge on any atom is -0.481 e. The molecule has 0 aliphatic heterocycles. The van der Waals surface area contributed by atoms with Gasteiger partial charge in [0.1, 0.15) is 11.7 Å². The van der Waals surface area contributed by atoms with E-state index in [0.29, 0.717) is 12.1 Å². The van der Waals surface area contributed by atoms with Gasteiger partial charge in [-0.25, -0.2) is 4.39 Å². The third-order valence-electron chi connectivity index (χ3n) is 3.96. The molecule has 3 rings (SSSR count). The molecule has 1 N–H and O–H groups in total. The van der Waals surface area contributed by atoms with Crippen molar-refractivity contribution in [3.63, 3.8) is 0 Å². The molecular formula is C17H16FNO2. The van der Waals surface area contributed by atoms with Crippen molar-refractivity contribution in [3.05, 3.63) is 64.7 Å². The van der Waals surface area contributed by atoms with Gasteiger partial charge in [-0.15, -0.1) is 0 Å². The van der Waals surface area contributed by atoms with Crippen LogP contribution in [0.3, 0.4) is 0 Å². The summed E-state index contributed by atoms with van der Waals surface area (Å²) in [5, 5.41) is 9.48. The van der Waals surface area contributed by atoms with E-state index in [4.69, 9.17) is 0 Å². The number of hydrogen-bond donors (Lipinski definition) is 1. The normalized spacial score (nSPS) is 14.7. The van der Waals surface area contributed by atoms with E-state index in [0.717, 1.165) is 30.5 Å². The third-order valence-corrected chi connectivity index (χ3v) is 3.96. The second kappa shape index (κ2) is 5.64. The Morgan fingerprint density at radius 2 is 1.95 bits per heavy atom. The highest BCUT2D eigenvalue weighted by molar-refractivity contribution is 5.76. The van der Waals surface area contributed by atoms with Crippen LogP contribution in [0.2, 0.25) is 0 Å². The van der Waals surface area contributed by atoms with E-state index in [1.54, 1.807) is 12.1 Å². The van der Waals surface area contributed by atoms with Gasteiger partial charge in [0.25, 0.3) is 0 Å². The van der Waals surface area contributed by atoms with E-state index in [2.05, 4.69) is 4.98 Å². The molecule has 0 bridgehead atoms. The summed E-state index contributed by atoms with van der Waals surface area (Å²) in [7, 11) is 0. The lowest BCUT2D eigenvalue weighted by molar-refractivity contribution is -0.138. The summed E-state index contributed by atoms with van der Waals surface area (Å²) in [4.78, 5) is 16.1. The van der Waals surface area contributed by atoms with Crippen molar-refractivity contribution in [3.8, 4) is 0 Å². The minimum atomic E-state index is -0.898. The Morgan fingerprint density at radius 1 is 1.19 bits per heavy atom. The number of pyridine rings is 1. The third kappa shape index (κ3) is 2.94. The Kier molecular flexibility index (Phi) is 3.69. The summed E-state index contributed by atoms with van der Waals surface area (Å²) in [5.41, 5.74) is 3.64. The average molecular weight is 285 g/mol. The summed E-state index contributed by atoms with van der Waals surface area (Å²) < 4.78 is 12.9. The summed E-state index contributed by atoms with van der Waals surface area (Å²) in [6.07, 6.45) is 3.35. The topological polar surface area (TPSA) is 50.2 Å². The Bertz CT molecular complexity index is 667. The van der Waals surface area contributed by atoms with Crippen molar-refractivity contribution in [1.29, 1.82) is 0 Å². The van der Waals surface area contributed by atoms with E-state index in [-0.39, 0.29) is 5.82 Å². The largest absolute Gasteiger partial charge is 0.481 e. The molecule has 0 saturated heterocycles. The van der Waals surface area contributed by atoms with Crippen LogP contribution >= 0.6 is 0 Å². The first-order chi connectivity index (χ1) is 10.1. The molecule has 4 heteroatoms. The average Bonchev–Trinajstić information content (AvgIpc) is 2.93. The highest BCUT2D eigenvalue weighted by Crippen LogP contribution is 2.25. The van der Waals surface area contributed by atoms with Gasteiger partial charge in [0, 0.05) is 5.69 Å². The number of benzene rings is 1. The highest BCUT2D eigenvalue weighted by Gasteiger charge is 2.24. The number of carboxylic acids is 1. The molecule has 0 saturated carbocycles. The molecule has 0 amide bonds. The van der Waals surface area contributed by atoms with E-state index in [1.807, 2.05) is 12.1 Å². The fourth-order valence-electron chi connectivity index (χ4n) is 2.81. The molecule has 2 aromatic rings. The van der Waals surface area contributed by atoms with Crippen LogP contribution in [-0.2, 0) is 24.1 Å². The number of aromatic nitrogens is 1. The lowest BCUT2D eigenvalue weighted by atomic mass is 9.95. The molecule has 1 aliphatic rings. The molecule has 0 radical (unpaired) electrons. The fourth-order valence-corrected chi connectivity index (χ4v) is 2.81. The van der Waals surface area contributed by atoms with Gasteiger partial charge in [0.15, 0.2) is 0 Å². The van der Waals surface area contributed by atoms with E-state index < -0.39 is 11.9 Å². The predicted octanol–water partition coefficient (Wildman–Crippen LogP) is 3.12. The van der Waals surface area contributed by atoms with Crippen molar-refractivity contribution in [2.45, 2.75) is 31.6 Å². The van der Waals surface area contributed by atoms with Crippen molar-refractivity contribution in [1.82, 2.24) is 4.98 Å². The number of nitrogens with zero attached hydrogens (tertiary/aromatic N) is 1. The van der Waals surface area contributed by atoms with Crippen molar-refractivity contribution in [2.24, 2.45) is 0 Å². The van der Waals surface area contributed by atoms with Gasteiger partial charge < -0.3 is 5.11 Å². The molecule has 108 valence electrons. The number of hydrogen-bond acceptors (Lipinski definition) is 2. The lowest BCUT2D eigenvalue weighted by Crippen LogP contribution is -2.16. The summed E-state index contributed by atoms with van der Waals surface area (Å²) in [5.74, 6) is -1.91. The van der Waals surface area contributed by atoms with Gasteiger partial charge in [-0.2, -0.15) is 0 Å². The molecule has 0 fully saturated rings. The maximum Gasteiger partial charge on any atom is 0.312 e.